The van der Waals surface area contributed by atoms with Crippen LogP contribution < -0.4 is 5.32 Å². The Bertz CT molecular complexity index is 490. The molecule has 1 fully saturated rings. The van der Waals surface area contributed by atoms with Crippen LogP contribution in [0.3, 0.4) is 0 Å². The Morgan fingerprint density at radius 1 is 1.45 bits per heavy atom. The van der Waals surface area contributed by atoms with E-state index in [2.05, 4.69) is 24.1 Å². The Kier molecular flexibility index (Phi) is 4.60. The maximum atomic E-state index is 11.1. The third-order valence-corrected chi connectivity index (χ3v) is 4.19. The second-order valence-corrected chi connectivity index (χ2v) is 5.81. The minimum absolute atomic E-state index is 0.156. The van der Waals surface area contributed by atoms with Gasteiger partial charge in [-0.1, -0.05) is 13.0 Å². The molecular formula is C15H23N3O2. The van der Waals surface area contributed by atoms with E-state index < -0.39 is 0 Å². The molecule has 0 bridgehead atoms. The van der Waals surface area contributed by atoms with Gasteiger partial charge in [0.25, 0.3) is 5.69 Å². The van der Waals surface area contributed by atoms with E-state index in [9.17, 15) is 10.1 Å². The summed E-state index contributed by atoms with van der Waals surface area (Å²) in [5, 5.41) is 14.0. The van der Waals surface area contributed by atoms with E-state index in [1.165, 1.54) is 12.8 Å². The Morgan fingerprint density at radius 2 is 2.20 bits per heavy atom. The van der Waals surface area contributed by atoms with E-state index in [1.54, 1.807) is 19.2 Å². The number of piperidine rings is 1. The highest BCUT2D eigenvalue weighted by atomic mass is 16.6. The zero-order chi connectivity index (χ0) is 14.7. The molecule has 5 heteroatoms. The van der Waals surface area contributed by atoms with Crippen LogP contribution in [0.2, 0.25) is 0 Å². The molecule has 0 amide bonds. The van der Waals surface area contributed by atoms with Crippen molar-refractivity contribution in [1.29, 1.82) is 0 Å². The van der Waals surface area contributed by atoms with Crippen molar-refractivity contribution in [2.75, 3.05) is 18.9 Å². The van der Waals surface area contributed by atoms with Crippen LogP contribution in [0.4, 0.5) is 11.4 Å². The molecule has 1 aliphatic heterocycles. The van der Waals surface area contributed by atoms with Gasteiger partial charge in [0.05, 0.1) is 4.92 Å². The predicted octanol–water partition coefficient (Wildman–Crippen LogP) is 3.26. The topological polar surface area (TPSA) is 58.4 Å². The first-order valence-corrected chi connectivity index (χ1v) is 7.20. The smallest absolute Gasteiger partial charge is 0.292 e. The van der Waals surface area contributed by atoms with Gasteiger partial charge in [-0.05, 0) is 43.9 Å². The molecule has 0 aliphatic carbocycles. The average molecular weight is 277 g/mol. The van der Waals surface area contributed by atoms with Crippen LogP contribution >= 0.6 is 0 Å². The lowest BCUT2D eigenvalue weighted by Crippen LogP contribution is -2.39. The summed E-state index contributed by atoms with van der Waals surface area (Å²) in [5.74, 6) is 0.780. The Hall–Kier alpha value is -1.62. The zero-order valence-corrected chi connectivity index (χ0v) is 12.4. The summed E-state index contributed by atoms with van der Waals surface area (Å²) in [6.07, 6.45) is 2.41. The molecule has 2 unspecified atom stereocenters. The van der Waals surface area contributed by atoms with Crippen LogP contribution in [0.5, 0.6) is 0 Å². The van der Waals surface area contributed by atoms with Crippen molar-refractivity contribution >= 4 is 11.4 Å². The number of hydrogen-bond acceptors (Lipinski definition) is 4. The van der Waals surface area contributed by atoms with Gasteiger partial charge in [0, 0.05) is 25.7 Å². The van der Waals surface area contributed by atoms with E-state index in [-0.39, 0.29) is 10.6 Å². The van der Waals surface area contributed by atoms with Gasteiger partial charge < -0.3 is 5.32 Å². The SMILES string of the molecule is CNc1ccc(CN2CCC(C)CC2C)cc1[N+](=O)[O-]. The van der Waals surface area contributed by atoms with Gasteiger partial charge in [0.1, 0.15) is 5.69 Å². The number of likely N-dealkylation sites (tertiary alicyclic amines) is 1. The first-order valence-electron chi connectivity index (χ1n) is 7.20. The standard InChI is InChI=1S/C15H23N3O2/c1-11-6-7-17(12(2)8-11)10-13-4-5-14(16-3)15(9-13)18(19)20/h4-5,9,11-12,16H,6-8,10H2,1-3H3. The highest BCUT2D eigenvalue weighted by Gasteiger charge is 2.23. The lowest BCUT2D eigenvalue weighted by Gasteiger charge is -2.36. The average Bonchev–Trinajstić information content (AvgIpc) is 2.41. The monoisotopic (exact) mass is 277 g/mol. The number of benzene rings is 1. The zero-order valence-electron chi connectivity index (χ0n) is 12.4. The molecule has 1 heterocycles. The van der Waals surface area contributed by atoms with E-state index in [1.807, 2.05) is 6.07 Å². The molecule has 110 valence electrons. The fourth-order valence-electron chi connectivity index (χ4n) is 2.96. The second-order valence-electron chi connectivity index (χ2n) is 5.81. The van der Waals surface area contributed by atoms with Crippen molar-refractivity contribution in [3.05, 3.63) is 33.9 Å². The lowest BCUT2D eigenvalue weighted by molar-refractivity contribution is -0.384. The highest BCUT2D eigenvalue weighted by molar-refractivity contribution is 5.62. The van der Waals surface area contributed by atoms with Crippen molar-refractivity contribution in [1.82, 2.24) is 4.90 Å². The van der Waals surface area contributed by atoms with Gasteiger partial charge >= 0.3 is 0 Å². The Labute approximate surface area is 120 Å². The number of nitro groups is 1. The van der Waals surface area contributed by atoms with E-state index in [0.717, 1.165) is 24.6 Å². The van der Waals surface area contributed by atoms with Crippen LogP contribution in [-0.2, 0) is 6.54 Å². The Balaban J connectivity index is 2.13. The summed E-state index contributed by atoms with van der Waals surface area (Å²) < 4.78 is 0. The third kappa shape index (κ3) is 3.28. The minimum atomic E-state index is -0.322. The summed E-state index contributed by atoms with van der Waals surface area (Å²) in [6.45, 7) is 6.40. The molecule has 1 saturated heterocycles. The largest absolute Gasteiger partial charge is 0.383 e. The molecule has 2 atom stereocenters. The van der Waals surface area contributed by atoms with Crippen molar-refractivity contribution in [3.8, 4) is 0 Å². The van der Waals surface area contributed by atoms with Gasteiger partial charge in [-0.25, -0.2) is 0 Å². The van der Waals surface area contributed by atoms with Crippen molar-refractivity contribution < 1.29 is 4.92 Å². The summed E-state index contributed by atoms with van der Waals surface area (Å²) in [6, 6.07) is 6.01. The third-order valence-electron chi connectivity index (χ3n) is 4.19. The van der Waals surface area contributed by atoms with E-state index in [0.29, 0.717) is 11.7 Å². The van der Waals surface area contributed by atoms with Gasteiger partial charge in [-0.2, -0.15) is 0 Å². The maximum Gasteiger partial charge on any atom is 0.292 e. The number of nitrogens with one attached hydrogen (secondary N) is 1. The maximum absolute atomic E-state index is 11.1. The molecule has 1 aliphatic rings. The fourth-order valence-corrected chi connectivity index (χ4v) is 2.96. The molecule has 0 aromatic heterocycles. The van der Waals surface area contributed by atoms with Crippen LogP contribution in [-0.4, -0.2) is 29.5 Å². The molecule has 0 saturated carbocycles. The van der Waals surface area contributed by atoms with Crippen LogP contribution in [0.1, 0.15) is 32.3 Å². The molecule has 2 rings (SSSR count). The van der Waals surface area contributed by atoms with Gasteiger partial charge in [0.15, 0.2) is 0 Å². The lowest BCUT2D eigenvalue weighted by atomic mass is 9.93. The van der Waals surface area contributed by atoms with Gasteiger partial charge in [-0.3, -0.25) is 15.0 Å². The summed E-state index contributed by atoms with van der Waals surface area (Å²) in [7, 11) is 1.70. The molecule has 1 aromatic rings. The molecule has 5 nitrogen and oxygen atoms in total. The number of anilines is 1. The fraction of sp³-hybridized carbons (Fsp3) is 0.600. The molecular weight excluding hydrogens is 254 g/mol. The second kappa shape index (κ2) is 6.22. The summed E-state index contributed by atoms with van der Waals surface area (Å²) in [4.78, 5) is 13.2. The van der Waals surface area contributed by atoms with E-state index >= 15 is 0 Å². The first-order chi connectivity index (χ1) is 9.51. The van der Waals surface area contributed by atoms with Crippen LogP contribution in [0.15, 0.2) is 18.2 Å². The first kappa shape index (κ1) is 14.8. The minimum Gasteiger partial charge on any atom is -0.383 e. The van der Waals surface area contributed by atoms with Gasteiger partial charge in [0.2, 0.25) is 0 Å². The molecule has 0 radical (unpaired) electrons. The number of hydrogen-bond donors (Lipinski definition) is 1. The quantitative estimate of drug-likeness (QED) is 0.678. The van der Waals surface area contributed by atoms with Crippen molar-refractivity contribution in [3.63, 3.8) is 0 Å². The van der Waals surface area contributed by atoms with Crippen molar-refractivity contribution in [2.45, 2.75) is 39.3 Å². The number of nitrogens with zero attached hydrogens (tertiary/aromatic N) is 2. The molecule has 20 heavy (non-hydrogen) atoms. The van der Waals surface area contributed by atoms with Crippen LogP contribution in [0, 0.1) is 16.0 Å². The highest BCUT2D eigenvalue weighted by Crippen LogP contribution is 2.28. The molecule has 1 aromatic carbocycles. The number of nitro benzene ring substituents is 1. The van der Waals surface area contributed by atoms with Crippen molar-refractivity contribution in [2.24, 2.45) is 5.92 Å². The Morgan fingerprint density at radius 3 is 2.80 bits per heavy atom. The molecule has 1 N–H and O–H groups in total. The normalized spacial score (nSPS) is 23.6. The van der Waals surface area contributed by atoms with Gasteiger partial charge in [-0.15, -0.1) is 0 Å². The number of rotatable bonds is 4. The molecule has 0 spiro atoms. The van der Waals surface area contributed by atoms with Crippen LogP contribution in [0.25, 0.3) is 0 Å². The predicted molar refractivity (Wildman–Crippen MR) is 80.9 cm³/mol. The summed E-state index contributed by atoms with van der Waals surface area (Å²) >= 11 is 0. The summed E-state index contributed by atoms with van der Waals surface area (Å²) in [5.41, 5.74) is 1.74. The van der Waals surface area contributed by atoms with E-state index in [4.69, 9.17) is 0 Å².